The number of piperidine rings is 1. The molecule has 3 atom stereocenters. The van der Waals surface area contributed by atoms with E-state index in [-0.39, 0.29) is 23.8 Å². The van der Waals surface area contributed by atoms with Crippen molar-refractivity contribution in [1.29, 1.82) is 0 Å². The lowest BCUT2D eigenvalue weighted by Crippen LogP contribution is -2.47. The molecule has 0 aromatic heterocycles. The highest BCUT2D eigenvalue weighted by molar-refractivity contribution is 6.07. The van der Waals surface area contributed by atoms with Crippen LogP contribution in [0.4, 0.5) is 9.18 Å². The molecule has 0 bridgehead atoms. The third kappa shape index (κ3) is 4.29. The first-order valence-corrected chi connectivity index (χ1v) is 12.3. The summed E-state index contributed by atoms with van der Waals surface area (Å²) in [5.74, 6) is 0.564. The summed E-state index contributed by atoms with van der Waals surface area (Å²) in [5.41, 5.74) is 2.36. The fraction of sp³-hybridized carbons (Fsp3) is 0.481. The molecule has 3 aliphatic rings. The lowest BCUT2D eigenvalue weighted by molar-refractivity contribution is 0.102. The zero-order chi connectivity index (χ0) is 23.8. The van der Waals surface area contributed by atoms with Gasteiger partial charge in [0, 0.05) is 31.7 Å². The van der Waals surface area contributed by atoms with Crippen molar-refractivity contribution < 1.29 is 13.9 Å². The van der Waals surface area contributed by atoms with Crippen LogP contribution in [0.3, 0.4) is 0 Å². The van der Waals surface area contributed by atoms with E-state index in [2.05, 4.69) is 18.7 Å². The molecule has 1 unspecified atom stereocenters. The summed E-state index contributed by atoms with van der Waals surface area (Å²) in [6.45, 7) is 7.68. The molecule has 0 aliphatic carbocycles. The first-order chi connectivity index (χ1) is 16.4. The van der Waals surface area contributed by atoms with Gasteiger partial charge in [-0.05, 0) is 62.9 Å². The van der Waals surface area contributed by atoms with Crippen LogP contribution in [0, 0.1) is 17.7 Å². The Hall–Kier alpha value is -2.93. The molecule has 180 valence electrons. The van der Waals surface area contributed by atoms with Crippen LogP contribution in [-0.2, 0) is 0 Å². The van der Waals surface area contributed by atoms with Gasteiger partial charge in [0.15, 0.2) is 0 Å². The molecule has 0 N–H and O–H groups in total. The van der Waals surface area contributed by atoms with Crippen molar-refractivity contribution in [3.05, 3.63) is 65.5 Å². The summed E-state index contributed by atoms with van der Waals surface area (Å²) < 4.78 is 20.1. The van der Waals surface area contributed by atoms with Gasteiger partial charge in [0.05, 0.1) is 24.3 Å². The molecule has 1 fully saturated rings. The van der Waals surface area contributed by atoms with Crippen LogP contribution in [0.1, 0.15) is 43.9 Å². The minimum absolute atomic E-state index is 0.129. The molecule has 2 aromatic rings. The van der Waals surface area contributed by atoms with Crippen LogP contribution in [0.2, 0.25) is 0 Å². The Morgan fingerprint density at radius 3 is 2.79 bits per heavy atom. The van der Waals surface area contributed by atoms with Crippen LogP contribution in [0.25, 0.3) is 0 Å². The standard InChI is InChI=1S/C27H33FN4O2/c1-18(2)31-13-7-8-19(16-31)15-30(3)27(33)32-26(20-9-5-4-6-10-20)23-17-34-24-12-11-21(28)14-22(24)25(23)29-32/h4-6,9-12,14,18-19,23,26H,7-8,13,15-17H2,1-3H3/t19?,23-,26-/m1/s1. The number of ether oxygens (including phenoxy) is 1. The molecule has 0 saturated carbocycles. The minimum Gasteiger partial charge on any atom is -0.492 e. The molecule has 0 radical (unpaired) electrons. The SMILES string of the molecule is CC(C)N1CCCC(CN(C)C(=O)N2N=C3c4cc(F)ccc4OC[C@H]3[C@H]2c2ccccc2)C1. The Kier molecular flexibility index (Phi) is 6.30. The Bertz CT molecular complexity index is 1070. The number of carbonyl (C=O) groups is 1. The summed E-state index contributed by atoms with van der Waals surface area (Å²) >= 11 is 0. The zero-order valence-corrected chi connectivity index (χ0v) is 20.2. The van der Waals surface area contributed by atoms with Gasteiger partial charge in [-0.2, -0.15) is 5.10 Å². The molecule has 5 rings (SSSR count). The fourth-order valence-corrected chi connectivity index (χ4v) is 5.54. The van der Waals surface area contributed by atoms with E-state index < -0.39 is 0 Å². The van der Waals surface area contributed by atoms with Crippen LogP contribution < -0.4 is 4.74 Å². The van der Waals surface area contributed by atoms with Crippen molar-refractivity contribution in [2.45, 2.75) is 38.8 Å². The molecular weight excluding hydrogens is 431 g/mol. The number of rotatable bonds is 4. The Morgan fingerprint density at radius 1 is 1.24 bits per heavy atom. The average molecular weight is 465 g/mol. The summed E-state index contributed by atoms with van der Waals surface area (Å²) in [6.07, 6.45) is 2.28. The molecule has 0 spiro atoms. The summed E-state index contributed by atoms with van der Waals surface area (Å²) in [7, 11) is 1.87. The second-order valence-electron chi connectivity index (χ2n) is 10.0. The largest absolute Gasteiger partial charge is 0.492 e. The molecular formula is C27H33FN4O2. The van der Waals surface area contributed by atoms with E-state index in [1.54, 1.807) is 16.0 Å². The zero-order valence-electron chi connectivity index (χ0n) is 20.2. The van der Waals surface area contributed by atoms with Crippen molar-refractivity contribution in [1.82, 2.24) is 14.8 Å². The van der Waals surface area contributed by atoms with E-state index in [1.807, 2.05) is 37.4 Å². The molecule has 2 aromatic carbocycles. The third-order valence-corrected chi connectivity index (χ3v) is 7.32. The van der Waals surface area contributed by atoms with E-state index in [0.717, 1.165) is 37.2 Å². The fourth-order valence-electron chi connectivity index (χ4n) is 5.54. The maximum Gasteiger partial charge on any atom is 0.340 e. The second kappa shape index (κ2) is 9.37. The molecule has 7 heteroatoms. The first-order valence-electron chi connectivity index (χ1n) is 12.3. The van der Waals surface area contributed by atoms with Crippen LogP contribution in [-0.4, -0.2) is 65.9 Å². The van der Waals surface area contributed by atoms with Crippen molar-refractivity contribution in [3.63, 3.8) is 0 Å². The number of hydrazone groups is 1. The molecule has 3 aliphatic heterocycles. The van der Waals surface area contributed by atoms with Gasteiger partial charge in [0.25, 0.3) is 0 Å². The molecule has 34 heavy (non-hydrogen) atoms. The molecule has 2 amide bonds. The molecule has 3 heterocycles. The number of likely N-dealkylation sites (tertiary alicyclic amines) is 1. The number of urea groups is 1. The van der Waals surface area contributed by atoms with Gasteiger partial charge in [0.1, 0.15) is 11.6 Å². The van der Waals surface area contributed by atoms with E-state index in [9.17, 15) is 9.18 Å². The van der Waals surface area contributed by atoms with E-state index >= 15 is 0 Å². The number of benzene rings is 2. The van der Waals surface area contributed by atoms with Gasteiger partial charge in [-0.3, -0.25) is 0 Å². The Labute approximate surface area is 201 Å². The monoisotopic (exact) mass is 464 g/mol. The van der Waals surface area contributed by atoms with Gasteiger partial charge in [0.2, 0.25) is 0 Å². The lowest BCUT2D eigenvalue weighted by atomic mass is 9.86. The van der Waals surface area contributed by atoms with E-state index in [4.69, 9.17) is 9.84 Å². The van der Waals surface area contributed by atoms with Crippen LogP contribution in [0.5, 0.6) is 5.75 Å². The minimum atomic E-state index is -0.337. The summed E-state index contributed by atoms with van der Waals surface area (Å²) in [4.78, 5) is 18.1. The first kappa shape index (κ1) is 22.8. The topological polar surface area (TPSA) is 48.4 Å². The normalized spacial score (nSPS) is 24.3. The lowest BCUT2D eigenvalue weighted by Gasteiger charge is -2.38. The number of hydrogen-bond acceptors (Lipinski definition) is 4. The number of hydrogen-bond donors (Lipinski definition) is 0. The number of halogens is 1. The van der Waals surface area contributed by atoms with Crippen LogP contribution in [0.15, 0.2) is 53.6 Å². The van der Waals surface area contributed by atoms with Crippen molar-refractivity contribution in [2.24, 2.45) is 16.9 Å². The quantitative estimate of drug-likeness (QED) is 0.655. The molecule has 1 saturated heterocycles. The summed E-state index contributed by atoms with van der Waals surface area (Å²) in [5, 5.41) is 6.41. The van der Waals surface area contributed by atoms with E-state index in [0.29, 0.717) is 36.4 Å². The maximum atomic E-state index is 14.1. The Morgan fingerprint density at radius 2 is 2.03 bits per heavy atom. The van der Waals surface area contributed by atoms with Gasteiger partial charge in [-0.25, -0.2) is 14.2 Å². The Balaban J connectivity index is 1.42. The van der Waals surface area contributed by atoms with Gasteiger partial charge in [-0.1, -0.05) is 30.3 Å². The van der Waals surface area contributed by atoms with Crippen molar-refractivity contribution in [2.75, 3.05) is 33.3 Å². The van der Waals surface area contributed by atoms with Crippen LogP contribution >= 0.6 is 0 Å². The van der Waals surface area contributed by atoms with Gasteiger partial charge < -0.3 is 14.5 Å². The summed E-state index contributed by atoms with van der Waals surface area (Å²) in [6, 6.07) is 14.5. The number of nitrogens with zero attached hydrogens (tertiary/aromatic N) is 4. The van der Waals surface area contributed by atoms with Crippen molar-refractivity contribution in [3.8, 4) is 5.75 Å². The molecule has 6 nitrogen and oxygen atoms in total. The van der Waals surface area contributed by atoms with Gasteiger partial charge >= 0.3 is 6.03 Å². The predicted octanol–water partition coefficient (Wildman–Crippen LogP) is 4.77. The highest BCUT2D eigenvalue weighted by atomic mass is 19.1. The number of amides is 2. The smallest absolute Gasteiger partial charge is 0.340 e. The third-order valence-electron chi connectivity index (χ3n) is 7.32. The highest BCUT2D eigenvalue weighted by Crippen LogP contribution is 2.43. The predicted molar refractivity (Wildman–Crippen MR) is 130 cm³/mol. The second-order valence-corrected chi connectivity index (χ2v) is 10.0. The van der Waals surface area contributed by atoms with Crippen molar-refractivity contribution >= 4 is 11.7 Å². The van der Waals surface area contributed by atoms with Gasteiger partial charge in [-0.15, -0.1) is 0 Å². The average Bonchev–Trinajstić information content (AvgIpc) is 3.24. The number of fused-ring (bicyclic) bond motifs is 3. The van der Waals surface area contributed by atoms with E-state index in [1.165, 1.54) is 12.1 Å². The maximum absolute atomic E-state index is 14.1. The highest BCUT2D eigenvalue weighted by Gasteiger charge is 2.46. The number of carbonyl (C=O) groups excluding carboxylic acids is 1.